The fraction of sp³-hybridized carbons (Fsp3) is 0.938. The van der Waals surface area contributed by atoms with Gasteiger partial charge in [-0.1, -0.05) is 6.92 Å². The normalized spacial score (nSPS) is 31.9. The number of carboxylic acids is 1. The van der Waals surface area contributed by atoms with Crippen LogP contribution in [0, 0.1) is 0 Å². The van der Waals surface area contributed by atoms with E-state index < -0.39 is 11.5 Å². The number of hydrogen-bond acceptors (Lipinski definition) is 4. The Labute approximate surface area is 128 Å². The Balaban J connectivity index is 1.91. The number of rotatable bonds is 6. The zero-order chi connectivity index (χ0) is 15.5. The van der Waals surface area contributed by atoms with Crippen molar-refractivity contribution in [3.05, 3.63) is 0 Å². The molecule has 21 heavy (non-hydrogen) atoms. The summed E-state index contributed by atoms with van der Waals surface area (Å²) in [6, 6.07) is 0.636. The van der Waals surface area contributed by atoms with E-state index in [1.165, 1.54) is 13.0 Å². The second-order valence-corrected chi connectivity index (χ2v) is 6.96. The highest BCUT2D eigenvalue weighted by Gasteiger charge is 2.47. The van der Waals surface area contributed by atoms with Crippen LogP contribution in [-0.4, -0.2) is 71.2 Å². The molecule has 2 aliphatic rings. The Morgan fingerprint density at radius 2 is 2.00 bits per heavy atom. The van der Waals surface area contributed by atoms with Crippen molar-refractivity contribution in [1.29, 1.82) is 0 Å². The highest BCUT2D eigenvalue weighted by molar-refractivity contribution is 5.79. The molecule has 2 atom stereocenters. The van der Waals surface area contributed by atoms with Crippen molar-refractivity contribution in [3.8, 4) is 0 Å². The fourth-order valence-electron chi connectivity index (χ4n) is 3.94. The SMILES string of the molecule is CCCN1CCN(C2CCC(NC(C)C)(C(=O)O)C2)CC1. The largest absolute Gasteiger partial charge is 0.480 e. The van der Waals surface area contributed by atoms with Gasteiger partial charge in [0.1, 0.15) is 5.54 Å². The van der Waals surface area contributed by atoms with Crippen molar-refractivity contribution in [2.24, 2.45) is 0 Å². The van der Waals surface area contributed by atoms with E-state index in [0.717, 1.165) is 45.4 Å². The molecular weight excluding hydrogens is 266 g/mol. The van der Waals surface area contributed by atoms with E-state index in [9.17, 15) is 9.90 Å². The molecule has 0 spiro atoms. The molecule has 0 radical (unpaired) electrons. The number of carbonyl (C=O) groups is 1. The van der Waals surface area contributed by atoms with Crippen LogP contribution in [0.15, 0.2) is 0 Å². The lowest BCUT2D eigenvalue weighted by Gasteiger charge is -2.38. The Bertz CT molecular complexity index is 353. The van der Waals surface area contributed by atoms with Gasteiger partial charge in [0.25, 0.3) is 0 Å². The first-order chi connectivity index (χ1) is 9.97. The van der Waals surface area contributed by atoms with Crippen LogP contribution >= 0.6 is 0 Å². The summed E-state index contributed by atoms with van der Waals surface area (Å²) < 4.78 is 0. The molecule has 5 heteroatoms. The van der Waals surface area contributed by atoms with Crippen LogP contribution in [0.1, 0.15) is 46.5 Å². The van der Waals surface area contributed by atoms with Gasteiger partial charge in [-0.2, -0.15) is 0 Å². The fourth-order valence-corrected chi connectivity index (χ4v) is 3.94. The van der Waals surface area contributed by atoms with E-state index in [-0.39, 0.29) is 6.04 Å². The maximum atomic E-state index is 11.7. The van der Waals surface area contributed by atoms with E-state index in [1.807, 2.05) is 13.8 Å². The minimum absolute atomic E-state index is 0.209. The monoisotopic (exact) mass is 297 g/mol. The van der Waals surface area contributed by atoms with Crippen molar-refractivity contribution in [2.45, 2.75) is 64.1 Å². The maximum Gasteiger partial charge on any atom is 0.323 e. The average molecular weight is 297 g/mol. The van der Waals surface area contributed by atoms with E-state index in [0.29, 0.717) is 6.04 Å². The van der Waals surface area contributed by atoms with Crippen molar-refractivity contribution >= 4 is 5.97 Å². The lowest BCUT2D eigenvalue weighted by atomic mass is 9.96. The topological polar surface area (TPSA) is 55.8 Å². The Morgan fingerprint density at radius 3 is 2.52 bits per heavy atom. The van der Waals surface area contributed by atoms with Crippen molar-refractivity contribution in [1.82, 2.24) is 15.1 Å². The van der Waals surface area contributed by atoms with Crippen molar-refractivity contribution < 1.29 is 9.90 Å². The van der Waals surface area contributed by atoms with Gasteiger partial charge in [0.2, 0.25) is 0 Å². The van der Waals surface area contributed by atoms with Gasteiger partial charge in [-0.25, -0.2) is 0 Å². The van der Waals surface area contributed by atoms with Crippen LogP contribution in [0.25, 0.3) is 0 Å². The van der Waals surface area contributed by atoms with Crippen LogP contribution in [0.3, 0.4) is 0 Å². The second kappa shape index (κ2) is 7.07. The first-order valence-corrected chi connectivity index (χ1v) is 8.44. The molecular formula is C16H31N3O2. The zero-order valence-corrected chi connectivity index (χ0v) is 13.8. The number of piperazine rings is 1. The third kappa shape index (κ3) is 3.96. The Morgan fingerprint density at radius 1 is 1.33 bits per heavy atom. The Kier molecular flexibility index (Phi) is 5.63. The van der Waals surface area contributed by atoms with Crippen molar-refractivity contribution in [3.63, 3.8) is 0 Å². The molecule has 2 rings (SSSR count). The number of carboxylic acid groups (broad SMARTS) is 1. The van der Waals surface area contributed by atoms with E-state index in [1.54, 1.807) is 0 Å². The molecule has 1 saturated carbocycles. The zero-order valence-electron chi connectivity index (χ0n) is 13.8. The van der Waals surface area contributed by atoms with Crippen LogP contribution in [0.4, 0.5) is 0 Å². The summed E-state index contributed by atoms with van der Waals surface area (Å²) in [5, 5.41) is 13.0. The van der Waals surface area contributed by atoms with E-state index in [2.05, 4.69) is 22.0 Å². The predicted octanol–water partition coefficient (Wildman–Crippen LogP) is 1.39. The third-order valence-electron chi connectivity index (χ3n) is 4.93. The molecule has 0 aromatic rings. The summed E-state index contributed by atoms with van der Waals surface area (Å²) in [7, 11) is 0. The minimum Gasteiger partial charge on any atom is -0.480 e. The van der Waals surface area contributed by atoms with Gasteiger partial charge >= 0.3 is 5.97 Å². The predicted molar refractivity (Wildman–Crippen MR) is 84.6 cm³/mol. The summed E-state index contributed by atoms with van der Waals surface area (Å²) in [5.74, 6) is -0.677. The molecule has 1 heterocycles. The molecule has 122 valence electrons. The molecule has 1 aliphatic heterocycles. The summed E-state index contributed by atoms with van der Waals surface area (Å²) in [5.41, 5.74) is -0.709. The quantitative estimate of drug-likeness (QED) is 0.776. The smallest absolute Gasteiger partial charge is 0.323 e. The minimum atomic E-state index is -0.709. The van der Waals surface area contributed by atoms with Gasteiger partial charge in [0.05, 0.1) is 0 Å². The summed E-state index contributed by atoms with van der Waals surface area (Å²) in [6.07, 6.45) is 3.71. The standard InChI is InChI=1S/C16H31N3O2/c1-4-7-18-8-10-19(11-9-18)14-5-6-16(12-14,15(20)21)17-13(2)3/h13-14,17H,4-12H2,1-3H3,(H,20,21). The van der Waals surface area contributed by atoms with Crippen LogP contribution in [-0.2, 0) is 4.79 Å². The molecule has 2 fully saturated rings. The van der Waals surface area contributed by atoms with E-state index in [4.69, 9.17) is 0 Å². The highest BCUT2D eigenvalue weighted by atomic mass is 16.4. The number of nitrogens with one attached hydrogen (secondary N) is 1. The summed E-state index contributed by atoms with van der Waals surface area (Å²) in [6.45, 7) is 11.9. The van der Waals surface area contributed by atoms with E-state index >= 15 is 0 Å². The highest BCUT2D eigenvalue weighted by Crippen LogP contribution is 2.34. The van der Waals surface area contributed by atoms with Crippen LogP contribution < -0.4 is 5.32 Å². The maximum absolute atomic E-state index is 11.7. The molecule has 2 N–H and O–H groups in total. The van der Waals surface area contributed by atoms with Crippen LogP contribution in [0.2, 0.25) is 0 Å². The van der Waals surface area contributed by atoms with Gasteiger partial charge < -0.3 is 10.0 Å². The average Bonchev–Trinajstić information content (AvgIpc) is 2.85. The summed E-state index contributed by atoms with van der Waals surface area (Å²) >= 11 is 0. The summed E-state index contributed by atoms with van der Waals surface area (Å²) in [4.78, 5) is 16.8. The van der Waals surface area contributed by atoms with Gasteiger partial charge in [0, 0.05) is 38.3 Å². The number of aliphatic carboxylic acids is 1. The molecule has 1 aliphatic carbocycles. The molecule has 0 amide bonds. The number of hydrogen-bond donors (Lipinski definition) is 2. The second-order valence-electron chi connectivity index (χ2n) is 6.96. The van der Waals surface area contributed by atoms with Gasteiger partial charge in [0.15, 0.2) is 0 Å². The lowest BCUT2D eigenvalue weighted by Crippen LogP contribution is -2.55. The molecule has 0 aromatic heterocycles. The van der Waals surface area contributed by atoms with Gasteiger partial charge in [-0.05, 0) is 46.1 Å². The molecule has 0 aromatic carbocycles. The number of nitrogens with zero attached hydrogens (tertiary/aromatic N) is 2. The lowest BCUT2D eigenvalue weighted by molar-refractivity contribution is -0.145. The van der Waals surface area contributed by atoms with Crippen molar-refractivity contribution in [2.75, 3.05) is 32.7 Å². The van der Waals surface area contributed by atoms with Gasteiger partial charge in [-0.3, -0.25) is 15.0 Å². The Hall–Kier alpha value is -0.650. The third-order valence-corrected chi connectivity index (χ3v) is 4.93. The first kappa shape index (κ1) is 16.7. The molecule has 2 unspecified atom stereocenters. The molecule has 0 bridgehead atoms. The molecule has 5 nitrogen and oxygen atoms in total. The van der Waals surface area contributed by atoms with Crippen LogP contribution in [0.5, 0.6) is 0 Å². The first-order valence-electron chi connectivity index (χ1n) is 8.44. The molecule has 1 saturated heterocycles. The van der Waals surface area contributed by atoms with Gasteiger partial charge in [-0.15, -0.1) is 0 Å².